The topological polar surface area (TPSA) is 46.9 Å². The highest BCUT2D eigenvalue weighted by atomic mass is 16.1. The first kappa shape index (κ1) is 13.3. The normalized spacial score (nSPS) is 10.5. The molecule has 2 aromatic rings. The van der Waals surface area contributed by atoms with Crippen LogP contribution in [0.5, 0.6) is 0 Å². The molecule has 100 valence electrons. The maximum Gasteiger partial charge on any atom is 0.226 e. The first-order valence-electron chi connectivity index (χ1n) is 6.36. The van der Waals surface area contributed by atoms with Crippen molar-refractivity contribution >= 4 is 5.91 Å². The van der Waals surface area contributed by atoms with Gasteiger partial charge in [0, 0.05) is 19.3 Å². The SMILES string of the molecule is Cc1ccc(CNC(=O)Cc2cc(C)nn2C)cc1. The van der Waals surface area contributed by atoms with Crippen molar-refractivity contribution in [3.8, 4) is 0 Å². The zero-order valence-electron chi connectivity index (χ0n) is 11.6. The molecular weight excluding hydrogens is 238 g/mol. The number of nitrogens with zero attached hydrogens (tertiary/aromatic N) is 2. The first-order valence-corrected chi connectivity index (χ1v) is 6.36. The fourth-order valence-electron chi connectivity index (χ4n) is 1.96. The van der Waals surface area contributed by atoms with E-state index in [0.29, 0.717) is 13.0 Å². The molecule has 0 radical (unpaired) electrons. The highest BCUT2D eigenvalue weighted by molar-refractivity contribution is 5.78. The van der Waals surface area contributed by atoms with Crippen LogP contribution < -0.4 is 5.32 Å². The number of aromatic nitrogens is 2. The summed E-state index contributed by atoms with van der Waals surface area (Å²) in [5.41, 5.74) is 4.20. The van der Waals surface area contributed by atoms with E-state index in [1.807, 2.05) is 51.2 Å². The minimum absolute atomic E-state index is 0.0172. The van der Waals surface area contributed by atoms with Crippen LogP contribution in [0.3, 0.4) is 0 Å². The molecule has 1 N–H and O–H groups in total. The van der Waals surface area contributed by atoms with E-state index in [9.17, 15) is 4.79 Å². The van der Waals surface area contributed by atoms with Crippen LogP contribution in [0.15, 0.2) is 30.3 Å². The Hall–Kier alpha value is -2.10. The van der Waals surface area contributed by atoms with Gasteiger partial charge in [-0.1, -0.05) is 29.8 Å². The number of aryl methyl sites for hydroxylation is 3. The fraction of sp³-hybridized carbons (Fsp3) is 0.333. The van der Waals surface area contributed by atoms with Gasteiger partial charge in [-0.25, -0.2) is 0 Å². The van der Waals surface area contributed by atoms with Gasteiger partial charge in [0.05, 0.1) is 12.1 Å². The summed E-state index contributed by atoms with van der Waals surface area (Å²) in [4.78, 5) is 11.9. The molecule has 0 aliphatic carbocycles. The van der Waals surface area contributed by atoms with Gasteiger partial charge in [0.25, 0.3) is 0 Å². The summed E-state index contributed by atoms with van der Waals surface area (Å²) in [5, 5.41) is 7.15. The van der Waals surface area contributed by atoms with Crippen molar-refractivity contribution in [2.75, 3.05) is 0 Å². The molecule has 0 spiro atoms. The number of hydrogen-bond donors (Lipinski definition) is 1. The Morgan fingerprint density at radius 1 is 1.26 bits per heavy atom. The average Bonchev–Trinajstić information content (AvgIpc) is 2.67. The van der Waals surface area contributed by atoms with Crippen molar-refractivity contribution in [1.82, 2.24) is 15.1 Å². The number of hydrogen-bond acceptors (Lipinski definition) is 2. The Bertz CT molecular complexity index is 570. The summed E-state index contributed by atoms with van der Waals surface area (Å²) in [6, 6.07) is 10.1. The van der Waals surface area contributed by atoms with E-state index < -0.39 is 0 Å². The predicted molar refractivity (Wildman–Crippen MR) is 74.7 cm³/mol. The molecule has 19 heavy (non-hydrogen) atoms. The molecule has 0 saturated carbocycles. The first-order chi connectivity index (χ1) is 9.04. The molecule has 4 heteroatoms. The van der Waals surface area contributed by atoms with Crippen LogP contribution >= 0.6 is 0 Å². The third-order valence-corrected chi connectivity index (χ3v) is 3.05. The smallest absolute Gasteiger partial charge is 0.226 e. The zero-order valence-corrected chi connectivity index (χ0v) is 11.6. The molecule has 1 heterocycles. The number of carbonyl (C=O) groups excluding carboxylic acids is 1. The highest BCUT2D eigenvalue weighted by Crippen LogP contribution is 2.04. The minimum atomic E-state index is 0.0172. The van der Waals surface area contributed by atoms with E-state index in [-0.39, 0.29) is 5.91 Å². The van der Waals surface area contributed by atoms with Crippen LogP contribution in [0.1, 0.15) is 22.5 Å². The molecule has 1 aromatic heterocycles. The standard InChI is InChI=1S/C15H19N3O/c1-11-4-6-13(7-5-11)10-16-15(19)9-14-8-12(2)17-18(14)3/h4-8H,9-10H2,1-3H3,(H,16,19). The molecule has 0 fully saturated rings. The summed E-state index contributed by atoms with van der Waals surface area (Å²) in [7, 11) is 1.86. The quantitative estimate of drug-likeness (QED) is 0.909. The molecule has 0 saturated heterocycles. The van der Waals surface area contributed by atoms with Crippen molar-refractivity contribution in [3.63, 3.8) is 0 Å². The van der Waals surface area contributed by atoms with Gasteiger partial charge in [-0.05, 0) is 25.5 Å². The van der Waals surface area contributed by atoms with Crippen LogP contribution in [-0.2, 0) is 24.8 Å². The average molecular weight is 257 g/mol. The summed E-state index contributed by atoms with van der Waals surface area (Å²) >= 11 is 0. The Kier molecular flexibility index (Phi) is 4.00. The third kappa shape index (κ3) is 3.68. The lowest BCUT2D eigenvalue weighted by Gasteiger charge is -2.06. The van der Waals surface area contributed by atoms with E-state index in [1.54, 1.807) is 4.68 Å². The number of carbonyl (C=O) groups is 1. The minimum Gasteiger partial charge on any atom is -0.352 e. The van der Waals surface area contributed by atoms with Gasteiger partial charge in [-0.3, -0.25) is 9.48 Å². The molecule has 4 nitrogen and oxygen atoms in total. The number of rotatable bonds is 4. The largest absolute Gasteiger partial charge is 0.352 e. The lowest BCUT2D eigenvalue weighted by Crippen LogP contribution is -2.25. The Morgan fingerprint density at radius 3 is 2.53 bits per heavy atom. The molecule has 1 amide bonds. The van der Waals surface area contributed by atoms with Gasteiger partial charge < -0.3 is 5.32 Å². The summed E-state index contributed by atoms with van der Waals surface area (Å²) in [6.45, 7) is 4.54. The summed E-state index contributed by atoms with van der Waals surface area (Å²) in [5.74, 6) is 0.0172. The molecule has 0 aliphatic heterocycles. The Morgan fingerprint density at radius 2 is 1.95 bits per heavy atom. The van der Waals surface area contributed by atoms with Crippen molar-refractivity contribution < 1.29 is 4.79 Å². The predicted octanol–water partition coefficient (Wildman–Crippen LogP) is 1.90. The fourth-order valence-corrected chi connectivity index (χ4v) is 1.96. The Balaban J connectivity index is 1.88. The monoisotopic (exact) mass is 257 g/mol. The molecule has 0 atom stereocenters. The van der Waals surface area contributed by atoms with Gasteiger partial charge in [-0.2, -0.15) is 5.10 Å². The van der Waals surface area contributed by atoms with Gasteiger partial charge in [0.15, 0.2) is 0 Å². The van der Waals surface area contributed by atoms with Gasteiger partial charge in [-0.15, -0.1) is 0 Å². The van der Waals surface area contributed by atoms with Crippen molar-refractivity contribution in [1.29, 1.82) is 0 Å². The van der Waals surface area contributed by atoms with E-state index in [0.717, 1.165) is 17.0 Å². The van der Waals surface area contributed by atoms with Crippen molar-refractivity contribution in [2.24, 2.45) is 7.05 Å². The Labute approximate surface area is 113 Å². The maximum absolute atomic E-state index is 11.9. The molecule has 0 unspecified atom stereocenters. The van der Waals surface area contributed by atoms with Crippen LogP contribution in [0.25, 0.3) is 0 Å². The second-order valence-corrected chi connectivity index (χ2v) is 4.84. The second kappa shape index (κ2) is 5.69. The van der Waals surface area contributed by atoms with Crippen LogP contribution in [0.4, 0.5) is 0 Å². The van der Waals surface area contributed by atoms with Crippen LogP contribution in [0.2, 0.25) is 0 Å². The number of amides is 1. The molecule has 1 aromatic carbocycles. The summed E-state index contributed by atoms with van der Waals surface area (Å²) in [6.07, 6.45) is 0.364. The summed E-state index contributed by atoms with van der Waals surface area (Å²) < 4.78 is 1.75. The van der Waals surface area contributed by atoms with E-state index in [4.69, 9.17) is 0 Å². The van der Waals surface area contributed by atoms with Gasteiger partial charge >= 0.3 is 0 Å². The lowest BCUT2D eigenvalue weighted by molar-refractivity contribution is -0.120. The molecule has 0 bridgehead atoms. The number of benzene rings is 1. The molecular formula is C15H19N3O. The van der Waals surface area contributed by atoms with Gasteiger partial charge in [0.2, 0.25) is 5.91 Å². The lowest BCUT2D eigenvalue weighted by atomic mass is 10.1. The van der Waals surface area contributed by atoms with E-state index >= 15 is 0 Å². The zero-order chi connectivity index (χ0) is 13.8. The molecule has 2 rings (SSSR count). The van der Waals surface area contributed by atoms with Crippen molar-refractivity contribution in [2.45, 2.75) is 26.8 Å². The van der Waals surface area contributed by atoms with Gasteiger partial charge in [0.1, 0.15) is 0 Å². The van der Waals surface area contributed by atoms with E-state index in [2.05, 4.69) is 10.4 Å². The maximum atomic E-state index is 11.9. The van der Waals surface area contributed by atoms with Crippen LogP contribution in [0, 0.1) is 13.8 Å². The molecule has 0 aliphatic rings. The van der Waals surface area contributed by atoms with Crippen LogP contribution in [-0.4, -0.2) is 15.7 Å². The van der Waals surface area contributed by atoms with E-state index in [1.165, 1.54) is 5.56 Å². The van der Waals surface area contributed by atoms with Crippen molar-refractivity contribution in [3.05, 3.63) is 52.8 Å². The third-order valence-electron chi connectivity index (χ3n) is 3.05. The number of nitrogens with one attached hydrogen (secondary N) is 1. The highest BCUT2D eigenvalue weighted by Gasteiger charge is 2.08. The second-order valence-electron chi connectivity index (χ2n) is 4.84.